The Morgan fingerprint density at radius 1 is 1.41 bits per heavy atom. The Labute approximate surface area is 100 Å². The molecular weight excluding hydrogens is 218 g/mol. The Kier molecular flexibility index (Phi) is 2.89. The highest BCUT2D eigenvalue weighted by molar-refractivity contribution is 5.72. The normalized spacial score (nSPS) is 31.4. The van der Waals surface area contributed by atoms with Crippen LogP contribution < -0.4 is 5.32 Å². The van der Waals surface area contributed by atoms with Crippen LogP contribution in [-0.4, -0.2) is 19.1 Å². The highest BCUT2D eigenvalue weighted by Gasteiger charge is 2.40. The minimum atomic E-state index is -0.0411. The Morgan fingerprint density at radius 2 is 2.18 bits per heavy atom. The molecule has 1 aliphatic carbocycles. The molecule has 1 aromatic heterocycles. The number of hydrogen-bond donors (Lipinski definition) is 1. The summed E-state index contributed by atoms with van der Waals surface area (Å²) in [6, 6.07) is 1.82. The predicted octanol–water partition coefficient (Wildman–Crippen LogP) is 1.57. The largest absolute Gasteiger partial charge is 0.472 e. The summed E-state index contributed by atoms with van der Waals surface area (Å²) in [5, 5.41) is 3.37. The average molecular weight is 235 g/mol. The number of furan rings is 1. The molecule has 1 saturated carbocycles. The number of esters is 1. The van der Waals surface area contributed by atoms with E-state index < -0.39 is 0 Å². The number of carbonyl (C=O) groups is 1. The molecular formula is C13H17NO3. The van der Waals surface area contributed by atoms with Crippen LogP contribution in [0.1, 0.15) is 18.4 Å². The third-order valence-electron chi connectivity index (χ3n) is 3.95. The third-order valence-corrected chi connectivity index (χ3v) is 3.95. The van der Waals surface area contributed by atoms with Crippen LogP contribution in [0.25, 0.3) is 0 Å². The zero-order chi connectivity index (χ0) is 11.7. The second-order valence-electron chi connectivity index (χ2n) is 5.09. The van der Waals surface area contributed by atoms with Gasteiger partial charge in [-0.1, -0.05) is 0 Å². The number of hydrogen-bond acceptors (Lipinski definition) is 4. The highest BCUT2D eigenvalue weighted by Crippen LogP contribution is 2.39. The lowest BCUT2D eigenvalue weighted by atomic mass is 10.0. The molecule has 1 unspecified atom stereocenters. The van der Waals surface area contributed by atoms with Gasteiger partial charge in [0.2, 0.25) is 0 Å². The van der Waals surface area contributed by atoms with Gasteiger partial charge in [0.1, 0.15) is 6.61 Å². The van der Waals surface area contributed by atoms with E-state index in [2.05, 4.69) is 5.32 Å². The molecule has 3 atom stereocenters. The summed E-state index contributed by atoms with van der Waals surface area (Å²) in [5.41, 5.74) is 0.915. The van der Waals surface area contributed by atoms with E-state index in [0.717, 1.165) is 31.5 Å². The highest BCUT2D eigenvalue weighted by atomic mass is 16.5. The topological polar surface area (TPSA) is 51.5 Å². The van der Waals surface area contributed by atoms with Crippen molar-refractivity contribution in [3.8, 4) is 0 Å². The second kappa shape index (κ2) is 4.53. The number of fused-ring (bicyclic) bond motifs is 1. The quantitative estimate of drug-likeness (QED) is 0.808. The van der Waals surface area contributed by atoms with Crippen molar-refractivity contribution in [2.45, 2.75) is 19.4 Å². The van der Waals surface area contributed by atoms with Crippen molar-refractivity contribution < 1.29 is 13.9 Å². The molecule has 0 aromatic carbocycles. The smallest absolute Gasteiger partial charge is 0.309 e. The molecule has 0 radical (unpaired) electrons. The molecule has 2 heterocycles. The van der Waals surface area contributed by atoms with Gasteiger partial charge in [0.05, 0.1) is 18.4 Å². The monoisotopic (exact) mass is 235 g/mol. The van der Waals surface area contributed by atoms with E-state index in [1.165, 1.54) is 0 Å². The van der Waals surface area contributed by atoms with Crippen LogP contribution in [0, 0.1) is 17.8 Å². The summed E-state index contributed by atoms with van der Waals surface area (Å²) < 4.78 is 10.2. The Morgan fingerprint density at radius 3 is 2.82 bits per heavy atom. The summed E-state index contributed by atoms with van der Waals surface area (Å²) in [4.78, 5) is 11.9. The maximum absolute atomic E-state index is 11.9. The van der Waals surface area contributed by atoms with Gasteiger partial charge < -0.3 is 14.5 Å². The zero-order valence-corrected chi connectivity index (χ0v) is 9.72. The van der Waals surface area contributed by atoms with E-state index in [4.69, 9.17) is 9.15 Å². The molecule has 2 fully saturated rings. The maximum atomic E-state index is 11.9. The van der Waals surface area contributed by atoms with Crippen molar-refractivity contribution in [3.63, 3.8) is 0 Å². The first kappa shape index (κ1) is 10.8. The van der Waals surface area contributed by atoms with Crippen LogP contribution in [0.2, 0.25) is 0 Å². The number of ether oxygens (including phenoxy) is 1. The molecule has 4 nitrogen and oxygen atoms in total. The molecule has 4 heteroatoms. The standard InChI is InChI=1S/C13H17NO3/c15-13(17-8-9-1-2-16-7-9)10-3-11-5-14-6-12(11)4-10/h1-2,7,10-12,14H,3-6,8H2/t10?,11-,12+. The van der Waals surface area contributed by atoms with E-state index in [1.807, 2.05) is 6.07 Å². The Hall–Kier alpha value is -1.29. The third kappa shape index (κ3) is 2.22. The minimum Gasteiger partial charge on any atom is -0.472 e. The number of rotatable bonds is 3. The van der Waals surface area contributed by atoms with E-state index in [0.29, 0.717) is 18.4 Å². The van der Waals surface area contributed by atoms with Crippen molar-refractivity contribution in [1.82, 2.24) is 5.32 Å². The van der Waals surface area contributed by atoms with Crippen molar-refractivity contribution in [3.05, 3.63) is 24.2 Å². The lowest BCUT2D eigenvalue weighted by molar-refractivity contribution is -0.149. The minimum absolute atomic E-state index is 0.0411. The van der Waals surface area contributed by atoms with E-state index in [-0.39, 0.29) is 11.9 Å². The van der Waals surface area contributed by atoms with Gasteiger partial charge in [-0.3, -0.25) is 4.79 Å². The molecule has 0 amide bonds. The van der Waals surface area contributed by atoms with E-state index in [1.54, 1.807) is 12.5 Å². The molecule has 0 spiro atoms. The molecule has 92 valence electrons. The fourth-order valence-electron chi connectivity index (χ4n) is 3.01. The lowest BCUT2D eigenvalue weighted by Gasteiger charge is -2.10. The molecule has 1 saturated heterocycles. The molecule has 3 rings (SSSR count). The van der Waals surface area contributed by atoms with Crippen molar-refractivity contribution in [2.75, 3.05) is 13.1 Å². The van der Waals surface area contributed by atoms with Gasteiger partial charge in [-0.25, -0.2) is 0 Å². The van der Waals surface area contributed by atoms with Crippen LogP contribution in [0.15, 0.2) is 23.0 Å². The van der Waals surface area contributed by atoms with Gasteiger partial charge in [0.25, 0.3) is 0 Å². The van der Waals surface area contributed by atoms with Crippen molar-refractivity contribution >= 4 is 5.97 Å². The van der Waals surface area contributed by atoms with Crippen LogP contribution in [0.5, 0.6) is 0 Å². The molecule has 1 aromatic rings. The summed E-state index contributed by atoms with van der Waals surface area (Å²) in [6.45, 7) is 2.46. The molecule has 2 aliphatic rings. The number of carbonyl (C=O) groups excluding carboxylic acids is 1. The van der Waals surface area contributed by atoms with Crippen molar-refractivity contribution in [2.24, 2.45) is 17.8 Å². The fraction of sp³-hybridized carbons (Fsp3) is 0.615. The summed E-state index contributed by atoms with van der Waals surface area (Å²) in [7, 11) is 0. The summed E-state index contributed by atoms with van der Waals surface area (Å²) in [6.07, 6.45) is 5.18. The van der Waals surface area contributed by atoms with Crippen LogP contribution in [-0.2, 0) is 16.1 Å². The van der Waals surface area contributed by atoms with Gasteiger partial charge >= 0.3 is 5.97 Å². The molecule has 1 N–H and O–H groups in total. The number of nitrogens with one attached hydrogen (secondary N) is 1. The molecule has 0 bridgehead atoms. The predicted molar refractivity (Wildman–Crippen MR) is 61.1 cm³/mol. The lowest BCUT2D eigenvalue weighted by Crippen LogP contribution is -2.19. The van der Waals surface area contributed by atoms with Gasteiger partial charge in [-0.15, -0.1) is 0 Å². The first-order chi connectivity index (χ1) is 8.33. The Bertz CT molecular complexity index is 375. The molecule has 17 heavy (non-hydrogen) atoms. The SMILES string of the molecule is O=C(OCc1ccoc1)C1C[C@H]2CNC[C@H]2C1. The summed E-state index contributed by atoms with van der Waals surface area (Å²) >= 11 is 0. The van der Waals surface area contributed by atoms with Gasteiger partial charge in [-0.05, 0) is 43.8 Å². The van der Waals surface area contributed by atoms with E-state index >= 15 is 0 Å². The van der Waals surface area contributed by atoms with Gasteiger partial charge in [0, 0.05) is 5.56 Å². The zero-order valence-electron chi connectivity index (χ0n) is 9.72. The first-order valence-electron chi connectivity index (χ1n) is 6.21. The maximum Gasteiger partial charge on any atom is 0.309 e. The fourth-order valence-corrected chi connectivity index (χ4v) is 3.01. The summed E-state index contributed by atoms with van der Waals surface area (Å²) in [5.74, 6) is 1.43. The van der Waals surface area contributed by atoms with Crippen LogP contribution in [0.4, 0.5) is 0 Å². The second-order valence-corrected chi connectivity index (χ2v) is 5.09. The Balaban J connectivity index is 1.50. The van der Waals surface area contributed by atoms with Crippen LogP contribution in [0.3, 0.4) is 0 Å². The molecule has 1 aliphatic heterocycles. The van der Waals surface area contributed by atoms with E-state index in [9.17, 15) is 4.79 Å². The first-order valence-corrected chi connectivity index (χ1v) is 6.21. The van der Waals surface area contributed by atoms with Gasteiger partial charge in [-0.2, -0.15) is 0 Å². The average Bonchev–Trinajstić information content (AvgIpc) is 3.01. The van der Waals surface area contributed by atoms with Gasteiger partial charge in [0.15, 0.2) is 0 Å². The van der Waals surface area contributed by atoms with Crippen molar-refractivity contribution in [1.29, 1.82) is 0 Å². The van der Waals surface area contributed by atoms with Crippen LogP contribution >= 0.6 is 0 Å².